The van der Waals surface area contributed by atoms with Crippen LogP contribution in [0.5, 0.6) is 0 Å². The highest BCUT2D eigenvalue weighted by atomic mass is 32.1. The Hall–Kier alpha value is -1.62. The number of aryl methyl sites for hydroxylation is 1. The first kappa shape index (κ1) is 12.4. The molecule has 5 heteroatoms. The van der Waals surface area contributed by atoms with Crippen LogP contribution in [0.25, 0.3) is 10.6 Å². The van der Waals surface area contributed by atoms with Gasteiger partial charge in [-0.05, 0) is 12.8 Å². The number of thiazole rings is 1. The highest BCUT2D eigenvalue weighted by Crippen LogP contribution is 2.33. The normalized spacial score (nSPS) is 14.8. The van der Waals surface area contributed by atoms with Crippen molar-refractivity contribution in [1.82, 2.24) is 4.98 Å². The van der Waals surface area contributed by atoms with E-state index in [1.807, 2.05) is 0 Å². The van der Waals surface area contributed by atoms with E-state index >= 15 is 0 Å². The van der Waals surface area contributed by atoms with E-state index in [0.29, 0.717) is 6.42 Å². The first-order chi connectivity index (χ1) is 9.15. The van der Waals surface area contributed by atoms with Gasteiger partial charge in [0.1, 0.15) is 5.01 Å². The quantitative estimate of drug-likeness (QED) is 0.821. The summed E-state index contributed by atoms with van der Waals surface area (Å²) in [7, 11) is 0. The van der Waals surface area contributed by atoms with E-state index in [9.17, 15) is 13.6 Å². The number of hydrogen-bond acceptors (Lipinski definition) is 3. The second kappa shape index (κ2) is 4.81. The molecule has 0 fully saturated rings. The number of halogens is 2. The molecule has 1 aromatic carbocycles. The SMILES string of the molecule is O=C1CCCc2nc(-c3ccc(C(F)F)cc3)sc21. The Balaban J connectivity index is 1.96. The van der Waals surface area contributed by atoms with Gasteiger partial charge in [0, 0.05) is 17.5 Å². The summed E-state index contributed by atoms with van der Waals surface area (Å²) >= 11 is 1.36. The number of Topliss-reactive ketones (excluding diaryl/α,β-unsaturated/α-hetero) is 1. The van der Waals surface area contributed by atoms with Gasteiger partial charge in [0.2, 0.25) is 0 Å². The zero-order valence-corrected chi connectivity index (χ0v) is 10.8. The molecule has 0 N–H and O–H groups in total. The molecule has 0 unspecified atom stereocenters. The Kier molecular flexibility index (Phi) is 3.14. The fraction of sp³-hybridized carbons (Fsp3) is 0.286. The first-order valence-electron chi connectivity index (χ1n) is 6.06. The summed E-state index contributed by atoms with van der Waals surface area (Å²) in [5.41, 5.74) is 1.65. The molecule has 0 bridgehead atoms. The van der Waals surface area contributed by atoms with Crippen LogP contribution in [0, 0.1) is 0 Å². The van der Waals surface area contributed by atoms with E-state index in [1.54, 1.807) is 12.1 Å². The summed E-state index contributed by atoms with van der Waals surface area (Å²) in [6.45, 7) is 0. The van der Waals surface area contributed by atoms with Crippen molar-refractivity contribution in [1.29, 1.82) is 0 Å². The van der Waals surface area contributed by atoms with Gasteiger partial charge in [-0.2, -0.15) is 0 Å². The average molecular weight is 279 g/mol. The lowest BCUT2D eigenvalue weighted by atomic mass is 10.0. The first-order valence-corrected chi connectivity index (χ1v) is 6.88. The molecule has 0 saturated carbocycles. The zero-order chi connectivity index (χ0) is 13.4. The summed E-state index contributed by atoms with van der Waals surface area (Å²) in [5.74, 6) is 0.147. The topological polar surface area (TPSA) is 30.0 Å². The van der Waals surface area contributed by atoms with Crippen molar-refractivity contribution in [2.75, 3.05) is 0 Å². The number of nitrogens with zero attached hydrogens (tertiary/aromatic N) is 1. The lowest BCUT2D eigenvalue weighted by Crippen LogP contribution is -2.07. The minimum atomic E-state index is -2.46. The molecule has 0 radical (unpaired) electrons. The fourth-order valence-corrected chi connectivity index (χ4v) is 3.25. The van der Waals surface area contributed by atoms with Crippen LogP contribution in [-0.2, 0) is 6.42 Å². The van der Waals surface area contributed by atoms with Crippen LogP contribution in [0.2, 0.25) is 0 Å². The number of carbonyl (C=O) groups excluding carboxylic acids is 1. The molecular weight excluding hydrogens is 268 g/mol. The minimum Gasteiger partial charge on any atom is -0.293 e. The maximum atomic E-state index is 12.5. The Labute approximate surface area is 113 Å². The van der Waals surface area contributed by atoms with Gasteiger partial charge < -0.3 is 0 Å². The Morgan fingerprint density at radius 1 is 1.16 bits per heavy atom. The van der Waals surface area contributed by atoms with E-state index in [-0.39, 0.29) is 11.3 Å². The van der Waals surface area contributed by atoms with Crippen LogP contribution in [0.1, 0.15) is 40.2 Å². The Morgan fingerprint density at radius 3 is 2.53 bits per heavy atom. The van der Waals surface area contributed by atoms with Crippen molar-refractivity contribution in [2.45, 2.75) is 25.7 Å². The molecule has 1 aliphatic rings. The molecule has 0 atom stereocenters. The molecule has 0 spiro atoms. The van der Waals surface area contributed by atoms with Gasteiger partial charge in [0.05, 0.1) is 10.6 Å². The van der Waals surface area contributed by atoms with Crippen molar-refractivity contribution < 1.29 is 13.6 Å². The maximum Gasteiger partial charge on any atom is 0.263 e. The molecule has 19 heavy (non-hydrogen) atoms. The van der Waals surface area contributed by atoms with Gasteiger partial charge in [-0.3, -0.25) is 4.79 Å². The Morgan fingerprint density at radius 2 is 1.89 bits per heavy atom. The lowest BCUT2D eigenvalue weighted by molar-refractivity contribution is 0.0976. The molecule has 0 amide bonds. The summed E-state index contributed by atoms with van der Waals surface area (Å²) in [4.78, 5) is 16.9. The third-order valence-electron chi connectivity index (χ3n) is 3.18. The van der Waals surface area contributed by atoms with Crippen LogP contribution in [-0.4, -0.2) is 10.8 Å². The van der Waals surface area contributed by atoms with Crippen molar-refractivity contribution in [3.63, 3.8) is 0 Å². The van der Waals surface area contributed by atoms with Crippen LogP contribution < -0.4 is 0 Å². The summed E-state index contributed by atoms with van der Waals surface area (Å²) in [6.07, 6.45) is -0.203. The molecule has 2 nitrogen and oxygen atoms in total. The van der Waals surface area contributed by atoms with Crippen molar-refractivity contribution in [3.8, 4) is 10.6 Å². The molecule has 0 saturated heterocycles. The molecule has 1 aromatic heterocycles. The predicted molar refractivity (Wildman–Crippen MR) is 69.8 cm³/mol. The number of aromatic nitrogens is 1. The van der Waals surface area contributed by atoms with Crippen LogP contribution in [0.3, 0.4) is 0 Å². The van der Waals surface area contributed by atoms with Gasteiger partial charge in [-0.25, -0.2) is 13.8 Å². The summed E-state index contributed by atoms with van der Waals surface area (Å²) in [6, 6.07) is 6.08. The van der Waals surface area contributed by atoms with Gasteiger partial charge in [0.15, 0.2) is 5.78 Å². The maximum absolute atomic E-state index is 12.5. The number of benzene rings is 1. The van der Waals surface area contributed by atoms with Gasteiger partial charge in [-0.15, -0.1) is 11.3 Å². The van der Waals surface area contributed by atoms with Crippen molar-refractivity contribution in [2.24, 2.45) is 0 Å². The average Bonchev–Trinajstić information content (AvgIpc) is 2.84. The fourth-order valence-electron chi connectivity index (χ4n) is 2.16. The standard InChI is InChI=1S/C14H11F2NOS/c15-13(16)8-4-6-9(7-5-8)14-17-10-2-1-3-11(18)12(10)19-14/h4-7,13H,1-3H2. The van der Waals surface area contributed by atoms with E-state index in [1.165, 1.54) is 23.5 Å². The molecule has 3 rings (SSSR count). The monoisotopic (exact) mass is 279 g/mol. The molecule has 1 heterocycles. The van der Waals surface area contributed by atoms with Gasteiger partial charge >= 0.3 is 0 Å². The number of ketones is 1. The van der Waals surface area contributed by atoms with Gasteiger partial charge in [0.25, 0.3) is 6.43 Å². The molecule has 0 aliphatic heterocycles. The van der Waals surface area contributed by atoms with E-state index in [4.69, 9.17) is 0 Å². The summed E-state index contributed by atoms with van der Waals surface area (Å²) in [5, 5.41) is 0.737. The van der Waals surface area contributed by atoms with Crippen LogP contribution in [0.15, 0.2) is 24.3 Å². The number of alkyl halides is 2. The number of rotatable bonds is 2. The smallest absolute Gasteiger partial charge is 0.263 e. The molecular formula is C14H11F2NOS. The Bertz CT molecular complexity index is 619. The van der Waals surface area contributed by atoms with Crippen LogP contribution >= 0.6 is 11.3 Å². The largest absolute Gasteiger partial charge is 0.293 e. The number of hydrogen-bond donors (Lipinski definition) is 0. The molecule has 1 aliphatic carbocycles. The summed E-state index contributed by atoms with van der Waals surface area (Å²) < 4.78 is 25.0. The van der Waals surface area contributed by atoms with E-state index in [2.05, 4.69) is 4.98 Å². The second-order valence-corrected chi connectivity index (χ2v) is 5.49. The van der Waals surface area contributed by atoms with Crippen molar-refractivity contribution >= 4 is 17.1 Å². The zero-order valence-electron chi connectivity index (χ0n) is 10.0. The number of carbonyl (C=O) groups is 1. The third kappa shape index (κ3) is 2.30. The molecule has 2 aromatic rings. The number of fused-ring (bicyclic) bond motifs is 1. The second-order valence-electron chi connectivity index (χ2n) is 4.49. The van der Waals surface area contributed by atoms with Crippen LogP contribution in [0.4, 0.5) is 8.78 Å². The predicted octanol–water partition coefficient (Wildman–Crippen LogP) is 4.27. The van der Waals surface area contributed by atoms with Crippen molar-refractivity contribution in [3.05, 3.63) is 40.4 Å². The third-order valence-corrected chi connectivity index (χ3v) is 4.37. The highest BCUT2D eigenvalue weighted by Gasteiger charge is 2.22. The minimum absolute atomic E-state index is 0.00106. The molecule has 98 valence electrons. The lowest BCUT2D eigenvalue weighted by Gasteiger charge is -2.06. The van der Waals surface area contributed by atoms with Gasteiger partial charge in [-0.1, -0.05) is 24.3 Å². The highest BCUT2D eigenvalue weighted by molar-refractivity contribution is 7.17. The van der Waals surface area contributed by atoms with E-state index in [0.717, 1.165) is 34.0 Å². The van der Waals surface area contributed by atoms with E-state index < -0.39 is 6.43 Å².